The minimum Gasteiger partial charge on any atom is -0.261 e. The molecule has 22 heavy (non-hydrogen) atoms. The minimum atomic E-state index is -0.325. The van der Waals surface area contributed by atoms with Gasteiger partial charge in [0.2, 0.25) is 0 Å². The van der Waals surface area contributed by atoms with Gasteiger partial charge in [0.15, 0.2) is 5.82 Å². The zero-order valence-electron chi connectivity index (χ0n) is 11.6. The van der Waals surface area contributed by atoms with E-state index in [1.165, 1.54) is 0 Å². The number of H-pyrrole nitrogens is 1. The predicted molar refractivity (Wildman–Crippen MR) is 85.8 cm³/mol. The fourth-order valence-corrected chi connectivity index (χ4v) is 3.55. The van der Waals surface area contributed by atoms with Crippen molar-refractivity contribution in [3.63, 3.8) is 0 Å². The topological polar surface area (TPSA) is 64.8 Å². The van der Waals surface area contributed by atoms with Gasteiger partial charge in [-0.3, -0.25) is 5.10 Å². The van der Waals surface area contributed by atoms with Crippen LogP contribution in [0.1, 0.15) is 29.9 Å². The number of rotatable bonds is 2. The standard InChI is InChI=1S/C16H12Cl2N4/c17-12-3-1-2-9(14(12)18)13-10(6-19)15(8-4-5-8)21-16-11(13)7-20-22-16/h1-3,7-8,10,13H,4-5H2,(H,20,22). The summed E-state index contributed by atoms with van der Waals surface area (Å²) in [5.41, 5.74) is 2.71. The van der Waals surface area contributed by atoms with E-state index in [2.05, 4.69) is 21.3 Å². The Morgan fingerprint density at radius 3 is 2.77 bits per heavy atom. The highest BCUT2D eigenvalue weighted by Gasteiger charge is 2.42. The van der Waals surface area contributed by atoms with Crippen LogP contribution in [0.3, 0.4) is 0 Å². The van der Waals surface area contributed by atoms with Gasteiger partial charge in [0.1, 0.15) is 0 Å². The van der Waals surface area contributed by atoms with Gasteiger partial charge in [-0.2, -0.15) is 10.4 Å². The summed E-state index contributed by atoms with van der Waals surface area (Å²) in [5.74, 6) is 0.627. The summed E-state index contributed by atoms with van der Waals surface area (Å²) in [7, 11) is 0. The summed E-state index contributed by atoms with van der Waals surface area (Å²) in [6.45, 7) is 0. The average molecular weight is 331 g/mol. The van der Waals surface area contributed by atoms with Gasteiger partial charge in [-0.1, -0.05) is 35.3 Å². The number of aromatic amines is 1. The van der Waals surface area contributed by atoms with Gasteiger partial charge in [-0.05, 0) is 30.4 Å². The van der Waals surface area contributed by atoms with Crippen LogP contribution in [0.5, 0.6) is 0 Å². The first-order chi connectivity index (χ1) is 10.7. The van der Waals surface area contributed by atoms with Crippen molar-refractivity contribution in [1.29, 1.82) is 5.26 Å². The molecular formula is C16H12Cl2N4. The van der Waals surface area contributed by atoms with Gasteiger partial charge >= 0.3 is 0 Å². The van der Waals surface area contributed by atoms with Crippen LogP contribution >= 0.6 is 23.2 Å². The van der Waals surface area contributed by atoms with E-state index < -0.39 is 0 Å². The predicted octanol–water partition coefficient (Wildman–Crippen LogP) is 4.48. The van der Waals surface area contributed by atoms with Gasteiger partial charge in [-0.15, -0.1) is 0 Å². The van der Waals surface area contributed by atoms with Crippen LogP contribution in [0.15, 0.2) is 29.4 Å². The molecule has 1 saturated carbocycles. The Morgan fingerprint density at radius 2 is 2.05 bits per heavy atom. The quantitative estimate of drug-likeness (QED) is 0.881. The number of nitriles is 1. The highest BCUT2D eigenvalue weighted by molar-refractivity contribution is 6.42. The second-order valence-corrected chi connectivity index (χ2v) is 6.50. The SMILES string of the molecule is N#CC1C(C2CC2)=Nc2[nH]ncc2C1c1cccc(Cl)c1Cl. The molecule has 0 saturated heterocycles. The monoisotopic (exact) mass is 330 g/mol. The van der Waals surface area contributed by atoms with Gasteiger partial charge in [0, 0.05) is 17.2 Å². The summed E-state index contributed by atoms with van der Waals surface area (Å²) >= 11 is 12.6. The van der Waals surface area contributed by atoms with Gasteiger partial charge < -0.3 is 0 Å². The maximum absolute atomic E-state index is 9.76. The molecule has 110 valence electrons. The average Bonchev–Trinajstić information content (AvgIpc) is 3.26. The molecule has 1 fully saturated rings. The molecule has 1 aromatic carbocycles. The van der Waals surface area contributed by atoms with Crippen molar-refractivity contribution in [2.45, 2.75) is 18.8 Å². The summed E-state index contributed by atoms with van der Waals surface area (Å²) in [4.78, 5) is 4.65. The van der Waals surface area contributed by atoms with Crippen LogP contribution in [0.2, 0.25) is 10.0 Å². The van der Waals surface area contributed by atoms with Crippen molar-refractivity contribution >= 4 is 34.7 Å². The molecule has 0 radical (unpaired) electrons. The minimum absolute atomic E-state index is 0.182. The van der Waals surface area contributed by atoms with Crippen molar-refractivity contribution in [3.05, 3.63) is 45.6 Å². The molecule has 1 aromatic heterocycles. The zero-order valence-corrected chi connectivity index (χ0v) is 13.1. The number of hydrogen-bond donors (Lipinski definition) is 1. The van der Waals surface area contributed by atoms with E-state index in [0.29, 0.717) is 16.0 Å². The highest BCUT2D eigenvalue weighted by Crippen LogP contribution is 2.48. The highest BCUT2D eigenvalue weighted by atomic mass is 35.5. The summed E-state index contributed by atoms with van der Waals surface area (Å²) in [6.07, 6.45) is 3.92. The van der Waals surface area contributed by atoms with Crippen molar-refractivity contribution in [2.24, 2.45) is 16.8 Å². The van der Waals surface area contributed by atoms with E-state index in [4.69, 9.17) is 23.2 Å². The second-order valence-electron chi connectivity index (χ2n) is 5.71. The Hall–Kier alpha value is -1.83. The summed E-state index contributed by atoms with van der Waals surface area (Å²) < 4.78 is 0. The summed E-state index contributed by atoms with van der Waals surface area (Å²) in [5, 5.41) is 17.8. The Labute approximate surface area is 137 Å². The number of nitrogens with zero attached hydrogens (tertiary/aromatic N) is 3. The Balaban J connectivity index is 1.92. The van der Waals surface area contributed by atoms with E-state index in [-0.39, 0.29) is 11.8 Å². The molecule has 4 rings (SSSR count). The van der Waals surface area contributed by atoms with Crippen molar-refractivity contribution in [2.75, 3.05) is 0 Å². The lowest BCUT2D eigenvalue weighted by Gasteiger charge is -2.28. The van der Waals surface area contributed by atoms with Crippen LogP contribution in [-0.2, 0) is 0 Å². The van der Waals surface area contributed by atoms with E-state index in [1.807, 2.05) is 12.1 Å². The molecule has 2 aliphatic rings. The first kappa shape index (κ1) is 13.8. The molecule has 1 N–H and O–H groups in total. The fraction of sp³-hybridized carbons (Fsp3) is 0.312. The molecule has 0 bridgehead atoms. The molecule has 4 nitrogen and oxygen atoms in total. The first-order valence-electron chi connectivity index (χ1n) is 7.16. The van der Waals surface area contributed by atoms with Crippen LogP contribution in [0.25, 0.3) is 0 Å². The van der Waals surface area contributed by atoms with E-state index in [9.17, 15) is 5.26 Å². The molecule has 2 heterocycles. The van der Waals surface area contributed by atoms with Crippen molar-refractivity contribution in [1.82, 2.24) is 10.2 Å². The normalized spacial score (nSPS) is 23.6. The Kier molecular flexibility index (Phi) is 3.21. The number of fused-ring (bicyclic) bond motifs is 1. The molecule has 2 unspecified atom stereocenters. The fourth-order valence-electron chi connectivity index (χ4n) is 3.13. The number of nitrogens with one attached hydrogen (secondary N) is 1. The molecule has 6 heteroatoms. The number of benzene rings is 1. The molecule has 0 amide bonds. The molecule has 1 aliphatic heterocycles. The Bertz CT molecular complexity index is 814. The lowest BCUT2D eigenvalue weighted by Crippen LogP contribution is -2.26. The lowest BCUT2D eigenvalue weighted by atomic mass is 9.77. The van der Waals surface area contributed by atoms with Gasteiger partial charge in [0.05, 0.1) is 28.2 Å². The molecule has 0 spiro atoms. The molecular weight excluding hydrogens is 319 g/mol. The third-order valence-electron chi connectivity index (χ3n) is 4.33. The molecule has 1 aliphatic carbocycles. The zero-order chi connectivity index (χ0) is 15.3. The summed E-state index contributed by atoms with van der Waals surface area (Å²) in [6, 6.07) is 7.97. The van der Waals surface area contributed by atoms with E-state index in [0.717, 1.165) is 35.5 Å². The van der Waals surface area contributed by atoms with Gasteiger partial charge in [-0.25, -0.2) is 4.99 Å². The van der Waals surface area contributed by atoms with Crippen molar-refractivity contribution in [3.8, 4) is 6.07 Å². The van der Waals surface area contributed by atoms with Crippen LogP contribution in [0.4, 0.5) is 5.82 Å². The van der Waals surface area contributed by atoms with E-state index >= 15 is 0 Å². The molecule has 2 atom stereocenters. The first-order valence-corrected chi connectivity index (χ1v) is 7.91. The Morgan fingerprint density at radius 1 is 1.23 bits per heavy atom. The van der Waals surface area contributed by atoms with Crippen LogP contribution in [0, 0.1) is 23.2 Å². The third-order valence-corrected chi connectivity index (χ3v) is 5.16. The van der Waals surface area contributed by atoms with Crippen LogP contribution in [-0.4, -0.2) is 15.9 Å². The number of aromatic nitrogens is 2. The second kappa shape index (κ2) is 5.12. The number of hydrogen-bond acceptors (Lipinski definition) is 3. The maximum atomic E-state index is 9.76. The largest absolute Gasteiger partial charge is 0.261 e. The number of halogens is 2. The smallest absolute Gasteiger partial charge is 0.151 e. The lowest BCUT2D eigenvalue weighted by molar-refractivity contribution is 0.700. The van der Waals surface area contributed by atoms with Crippen LogP contribution < -0.4 is 0 Å². The van der Waals surface area contributed by atoms with Gasteiger partial charge in [0.25, 0.3) is 0 Å². The number of aliphatic imine (C=N–C) groups is 1. The maximum Gasteiger partial charge on any atom is 0.151 e. The van der Waals surface area contributed by atoms with Crippen molar-refractivity contribution < 1.29 is 0 Å². The van der Waals surface area contributed by atoms with E-state index in [1.54, 1.807) is 12.3 Å². The molecule has 2 aromatic rings. The third kappa shape index (κ3) is 2.05.